The van der Waals surface area contributed by atoms with E-state index in [1.54, 1.807) is 23.0 Å². The number of benzene rings is 1. The average molecular weight is 216 g/mol. The second-order valence-corrected chi connectivity index (χ2v) is 3.74. The van der Waals surface area contributed by atoms with Crippen LogP contribution in [0.3, 0.4) is 0 Å². The lowest BCUT2D eigenvalue weighted by molar-refractivity contribution is 0.0696. The molecule has 0 saturated carbocycles. The van der Waals surface area contributed by atoms with Gasteiger partial charge in [-0.15, -0.1) is 0 Å². The third-order valence-electron chi connectivity index (χ3n) is 2.41. The molecule has 1 aromatic heterocycles. The van der Waals surface area contributed by atoms with Gasteiger partial charge in [-0.1, -0.05) is 12.1 Å². The first-order valence-corrected chi connectivity index (χ1v) is 4.94. The molecule has 0 spiro atoms. The largest absolute Gasteiger partial charge is 0.478 e. The number of aromatic nitrogens is 2. The Labute approximate surface area is 93.1 Å². The number of nitrogens with zero attached hydrogens (tertiary/aromatic N) is 2. The molecule has 0 radical (unpaired) electrons. The van der Waals surface area contributed by atoms with Crippen LogP contribution in [0, 0.1) is 13.8 Å². The zero-order valence-electron chi connectivity index (χ0n) is 9.14. The van der Waals surface area contributed by atoms with E-state index in [1.807, 2.05) is 26.1 Å². The maximum Gasteiger partial charge on any atom is 0.337 e. The first-order chi connectivity index (χ1) is 7.59. The van der Waals surface area contributed by atoms with E-state index in [2.05, 4.69) is 5.10 Å². The molecule has 16 heavy (non-hydrogen) atoms. The molecule has 0 aliphatic heterocycles. The fourth-order valence-corrected chi connectivity index (χ4v) is 1.67. The Morgan fingerprint density at radius 3 is 2.69 bits per heavy atom. The molecule has 1 N–H and O–H groups in total. The second-order valence-electron chi connectivity index (χ2n) is 3.74. The summed E-state index contributed by atoms with van der Waals surface area (Å²) in [5.74, 6) is -0.938. The fraction of sp³-hybridized carbons (Fsp3) is 0.167. The molecule has 1 aromatic carbocycles. The molecule has 0 unspecified atom stereocenters. The van der Waals surface area contributed by atoms with Gasteiger partial charge in [0.25, 0.3) is 0 Å². The molecular formula is C12H12N2O2. The molecule has 0 amide bonds. The van der Waals surface area contributed by atoms with E-state index < -0.39 is 5.97 Å². The zero-order valence-corrected chi connectivity index (χ0v) is 9.14. The van der Waals surface area contributed by atoms with Gasteiger partial charge in [-0.25, -0.2) is 9.48 Å². The maximum absolute atomic E-state index is 11.1. The van der Waals surface area contributed by atoms with Crippen molar-refractivity contribution < 1.29 is 9.90 Å². The summed E-state index contributed by atoms with van der Waals surface area (Å²) < 4.78 is 1.61. The molecule has 0 fully saturated rings. The lowest BCUT2D eigenvalue weighted by Crippen LogP contribution is -2.07. The van der Waals surface area contributed by atoms with E-state index in [-0.39, 0.29) is 5.56 Å². The molecule has 0 aliphatic rings. The summed E-state index contributed by atoms with van der Waals surface area (Å²) in [6.45, 7) is 3.79. The third-order valence-corrected chi connectivity index (χ3v) is 2.41. The van der Waals surface area contributed by atoms with Crippen LogP contribution in [0.5, 0.6) is 0 Å². The standard InChI is InChI=1S/C12H12N2O2/c1-8-6-13-14(7-8)11-9(2)4-3-5-10(11)12(15)16/h3-7H,1-2H3,(H,15,16). The summed E-state index contributed by atoms with van der Waals surface area (Å²) in [4.78, 5) is 11.1. The number of carboxylic acid groups (broad SMARTS) is 1. The van der Waals surface area contributed by atoms with Gasteiger partial charge in [0, 0.05) is 6.20 Å². The van der Waals surface area contributed by atoms with Crippen molar-refractivity contribution in [2.45, 2.75) is 13.8 Å². The Balaban J connectivity index is 2.67. The van der Waals surface area contributed by atoms with Crippen LogP contribution >= 0.6 is 0 Å². The van der Waals surface area contributed by atoms with Crippen LogP contribution in [-0.2, 0) is 0 Å². The molecule has 0 bridgehead atoms. The van der Waals surface area contributed by atoms with Gasteiger partial charge in [-0.05, 0) is 31.0 Å². The van der Waals surface area contributed by atoms with Crippen molar-refractivity contribution in [1.29, 1.82) is 0 Å². The molecule has 4 nitrogen and oxygen atoms in total. The maximum atomic E-state index is 11.1. The molecule has 1 heterocycles. The number of hydrogen-bond acceptors (Lipinski definition) is 2. The van der Waals surface area contributed by atoms with Crippen molar-refractivity contribution in [3.8, 4) is 5.69 Å². The second kappa shape index (κ2) is 3.81. The van der Waals surface area contributed by atoms with Crippen LogP contribution in [0.2, 0.25) is 0 Å². The minimum absolute atomic E-state index is 0.267. The number of aromatic carboxylic acids is 1. The Bertz CT molecular complexity index is 544. The highest BCUT2D eigenvalue weighted by Crippen LogP contribution is 2.19. The lowest BCUT2D eigenvalue weighted by Gasteiger charge is -2.09. The van der Waals surface area contributed by atoms with E-state index in [0.29, 0.717) is 5.69 Å². The summed E-state index contributed by atoms with van der Waals surface area (Å²) in [5, 5.41) is 13.3. The van der Waals surface area contributed by atoms with Gasteiger partial charge in [0.2, 0.25) is 0 Å². The first-order valence-electron chi connectivity index (χ1n) is 4.94. The van der Waals surface area contributed by atoms with Gasteiger partial charge in [0.15, 0.2) is 0 Å². The summed E-state index contributed by atoms with van der Waals surface area (Å²) in [6, 6.07) is 5.19. The molecule has 0 atom stereocenters. The zero-order chi connectivity index (χ0) is 11.7. The van der Waals surface area contributed by atoms with Gasteiger partial charge in [-0.3, -0.25) is 0 Å². The van der Waals surface area contributed by atoms with Crippen molar-refractivity contribution in [2.75, 3.05) is 0 Å². The van der Waals surface area contributed by atoms with E-state index in [1.165, 1.54) is 0 Å². The van der Waals surface area contributed by atoms with E-state index >= 15 is 0 Å². The number of carbonyl (C=O) groups is 1. The monoisotopic (exact) mass is 216 g/mol. The van der Waals surface area contributed by atoms with Gasteiger partial charge in [-0.2, -0.15) is 5.10 Å². The highest BCUT2D eigenvalue weighted by molar-refractivity contribution is 5.92. The topological polar surface area (TPSA) is 55.1 Å². The normalized spacial score (nSPS) is 10.4. The molecule has 2 rings (SSSR count). The molecule has 2 aromatic rings. The quantitative estimate of drug-likeness (QED) is 0.837. The minimum atomic E-state index is -0.938. The number of rotatable bonds is 2. The van der Waals surface area contributed by atoms with Crippen molar-refractivity contribution in [3.63, 3.8) is 0 Å². The van der Waals surface area contributed by atoms with E-state index in [9.17, 15) is 4.79 Å². The van der Waals surface area contributed by atoms with E-state index in [0.717, 1.165) is 11.1 Å². The number of para-hydroxylation sites is 1. The van der Waals surface area contributed by atoms with Crippen LogP contribution in [0.4, 0.5) is 0 Å². The summed E-state index contributed by atoms with van der Waals surface area (Å²) in [6.07, 6.45) is 3.52. The third kappa shape index (κ3) is 1.69. The Morgan fingerprint density at radius 2 is 2.12 bits per heavy atom. The predicted octanol–water partition coefficient (Wildman–Crippen LogP) is 2.19. The molecule has 82 valence electrons. The molecule has 4 heteroatoms. The van der Waals surface area contributed by atoms with Crippen molar-refractivity contribution in [3.05, 3.63) is 47.3 Å². The van der Waals surface area contributed by atoms with Gasteiger partial charge in [0.1, 0.15) is 0 Å². The average Bonchev–Trinajstić information content (AvgIpc) is 2.64. The van der Waals surface area contributed by atoms with Crippen LogP contribution in [0.25, 0.3) is 5.69 Å². The van der Waals surface area contributed by atoms with Crippen LogP contribution < -0.4 is 0 Å². The lowest BCUT2D eigenvalue weighted by atomic mass is 10.1. The van der Waals surface area contributed by atoms with Gasteiger partial charge in [0.05, 0.1) is 17.4 Å². The summed E-state index contributed by atoms with van der Waals surface area (Å²) in [7, 11) is 0. The van der Waals surface area contributed by atoms with Crippen molar-refractivity contribution >= 4 is 5.97 Å². The van der Waals surface area contributed by atoms with Crippen LogP contribution in [-0.4, -0.2) is 20.9 Å². The van der Waals surface area contributed by atoms with Crippen LogP contribution in [0.15, 0.2) is 30.6 Å². The molecule has 0 saturated heterocycles. The van der Waals surface area contributed by atoms with Gasteiger partial charge >= 0.3 is 5.97 Å². The number of carboxylic acids is 1. The SMILES string of the molecule is Cc1cnn(-c2c(C)cccc2C(=O)O)c1. The van der Waals surface area contributed by atoms with Gasteiger partial charge < -0.3 is 5.11 Å². The van der Waals surface area contributed by atoms with Crippen molar-refractivity contribution in [1.82, 2.24) is 9.78 Å². The molecular weight excluding hydrogens is 204 g/mol. The smallest absolute Gasteiger partial charge is 0.337 e. The van der Waals surface area contributed by atoms with Crippen molar-refractivity contribution in [2.24, 2.45) is 0 Å². The van der Waals surface area contributed by atoms with E-state index in [4.69, 9.17) is 5.11 Å². The Morgan fingerprint density at radius 1 is 1.38 bits per heavy atom. The first kappa shape index (κ1) is 10.4. The predicted molar refractivity (Wildman–Crippen MR) is 60.0 cm³/mol. The summed E-state index contributed by atoms with van der Waals surface area (Å²) >= 11 is 0. The highest BCUT2D eigenvalue weighted by Gasteiger charge is 2.13. The number of aryl methyl sites for hydroxylation is 2. The van der Waals surface area contributed by atoms with Crippen LogP contribution in [0.1, 0.15) is 21.5 Å². The Kier molecular flexibility index (Phi) is 2.48. The minimum Gasteiger partial charge on any atom is -0.478 e. The molecule has 0 aliphatic carbocycles. The number of hydrogen-bond donors (Lipinski definition) is 1. The highest BCUT2D eigenvalue weighted by atomic mass is 16.4. The fourth-order valence-electron chi connectivity index (χ4n) is 1.67. The summed E-state index contributed by atoms with van der Waals surface area (Å²) in [5.41, 5.74) is 2.79. The Hall–Kier alpha value is -2.10.